The maximum atomic E-state index is 5.85. The Bertz CT molecular complexity index is 815. The molecule has 0 aliphatic carbocycles. The standard InChI is InChI=1S/C17H20N6O2/c1-13-8-19-23(9-13)11-14-10-22(6-7-24-14)12-16-20-17(21-25-16)15-4-2-3-5-18-15/h2-5,8-9,14H,6-7,10-12H2,1H3/t14-/m0/s1. The highest BCUT2D eigenvalue weighted by Crippen LogP contribution is 2.15. The Hall–Kier alpha value is -2.58. The fourth-order valence-corrected chi connectivity index (χ4v) is 2.92. The maximum absolute atomic E-state index is 5.85. The SMILES string of the molecule is Cc1cnn(C[C@@H]2CN(Cc3nc(-c4ccccn4)no3)CCO2)c1. The molecule has 8 nitrogen and oxygen atoms in total. The van der Waals surface area contributed by atoms with Crippen LogP contribution >= 0.6 is 0 Å². The summed E-state index contributed by atoms with van der Waals surface area (Å²) in [6, 6.07) is 5.63. The van der Waals surface area contributed by atoms with E-state index in [1.165, 1.54) is 0 Å². The molecule has 8 heteroatoms. The number of ether oxygens (including phenoxy) is 1. The molecule has 1 atom stereocenters. The molecule has 1 saturated heterocycles. The van der Waals surface area contributed by atoms with Crippen LogP contribution < -0.4 is 0 Å². The highest BCUT2D eigenvalue weighted by atomic mass is 16.5. The summed E-state index contributed by atoms with van der Waals surface area (Å²) >= 11 is 0. The first-order valence-corrected chi connectivity index (χ1v) is 8.33. The second-order valence-electron chi connectivity index (χ2n) is 6.19. The molecule has 1 aliphatic heterocycles. The summed E-state index contributed by atoms with van der Waals surface area (Å²) in [5.74, 6) is 1.11. The van der Waals surface area contributed by atoms with Gasteiger partial charge in [-0.2, -0.15) is 10.1 Å². The lowest BCUT2D eigenvalue weighted by molar-refractivity contribution is -0.0426. The van der Waals surface area contributed by atoms with E-state index in [0.29, 0.717) is 30.6 Å². The lowest BCUT2D eigenvalue weighted by Gasteiger charge is -2.31. The Morgan fingerprint density at radius 1 is 1.32 bits per heavy atom. The van der Waals surface area contributed by atoms with E-state index in [-0.39, 0.29) is 6.10 Å². The van der Waals surface area contributed by atoms with E-state index in [1.807, 2.05) is 42.2 Å². The van der Waals surface area contributed by atoms with Gasteiger partial charge in [-0.1, -0.05) is 11.2 Å². The summed E-state index contributed by atoms with van der Waals surface area (Å²) in [6.45, 7) is 5.72. The van der Waals surface area contributed by atoms with Crippen molar-refractivity contribution in [2.24, 2.45) is 0 Å². The van der Waals surface area contributed by atoms with Gasteiger partial charge in [-0.15, -0.1) is 0 Å². The number of nitrogens with zero attached hydrogens (tertiary/aromatic N) is 6. The highest BCUT2D eigenvalue weighted by molar-refractivity contribution is 5.46. The third kappa shape index (κ3) is 3.92. The number of morpholine rings is 1. The molecule has 25 heavy (non-hydrogen) atoms. The molecule has 130 valence electrons. The average molecular weight is 340 g/mol. The molecule has 0 unspecified atom stereocenters. The van der Waals surface area contributed by atoms with Gasteiger partial charge in [-0.25, -0.2) is 0 Å². The van der Waals surface area contributed by atoms with Crippen LogP contribution in [0.4, 0.5) is 0 Å². The van der Waals surface area contributed by atoms with Gasteiger partial charge in [0.15, 0.2) is 0 Å². The van der Waals surface area contributed by atoms with Crippen LogP contribution in [0.2, 0.25) is 0 Å². The molecular weight excluding hydrogens is 320 g/mol. The van der Waals surface area contributed by atoms with Crippen LogP contribution in [0.15, 0.2) is 41.3 Å². The topological polar surface area (TPSA) is 82.1 Å². The van der Waals surface area contributed by atoms with E-state index in [2.05, 4.69) is 25.1 Å². The zero-order valence-electron chi connectivity index (χ0n) is 14.1. The van der Waals surface area contributed by atoms with Gasteiger partial charge in [0.05, 0.1) is 32.0 Å². The Balaban J connectivity index is 1.37. The van der Waals surface area contributed by atoms with E-state index in [4.69, 9.17) is 9.26 Å². The lowest BCUT2D eigenvalue weighted by Crippen LogP contribution is -2.43. The second-order valence-corrected chi connectivity index (χ2v) is 6.19. The van der Waals surface area contributed by atoms with E-state index in [1.54, 1.807) is 6.20 Å². The predicted octanol–water partition coefficient (Wildman–Crippen LogP) is 1.54. The van der Waals surface area contributed by atoms with Gasteiger partial charge in [0, 0.05) is 25.5 Å². The molecule has 4 heterocycles. The fraction of sp³-hybridized carbons (Fsp3) is 0.412. The van der Waals surface area contributed by atoms with E-state index in [9.17, 15) is 0 Å². The van der Waals surface area contributed by atoms with Crippen LogP contribution in [0.25, 0.3) is 11.5 Å². The lowest BCUT2D eigenvalue weighted by atomic mass is 10.2. The first kappa shape index (κ1) is 15.9. The van der Waals surface area contributed by atoms with Crippen LogP contribution in [0, 0.1) is 6.92 Å². The molecule has 3 aromatic rings. The molecule has 0 aromatic carbocycles. The van der Waals surface area contributed by atoms with Crippen molar-refractivity contribution in [3.05, 3.63) is 48.2 Å². The molecular formula is C17H20N6O2. The molecule has 0 bridgehead atoms. The van der Waals surface area contributed by atoms with Crippen molar-refractivity contribution < 1.29 is 9.26 Å². The first-order valence-electron chi connectivity index (χ1n) is 8.33. The predicted molar refractivity (Wildman–Crippen MR) is 89.5 cm³/mol. The van der Waals surface area contributed by atoms with Gasteiger partial charge in [-0.05, 0) is 24.6 Å². The quantitative estimate of drug-likeness (QED) is 0.697. The number of aryl methyl sites for hydroxylation is 1. The van der Waals surface area contributed by atoms with Gasteiger partial charge >= 0.3 is 0 Å². The van der Waals surface area contributed by atoms with Gasteiger partial charge in [0.2, 0.25) is 11.7 Å². The zero-order chi connectivity index (χ0) is 17.1. The smallest absolute Gasteiger partial charge is 0.241 e. The third-order valence-corrected chi connectivity index (χ3v) is 4.10. The minimum absolute atomic E-state index is 0.103. The Labute approximate surface area is 145 Å². The maximum Gasteiger partial charge on any atom is 0.241 e. The first-order chi connectivity index (χ1) is 12.3. The van der Waals surface area contributed by atoms with Crippen LogP contribution in [-0.2, 0) is 17.8 Å². The van der Waals surface area contributed by atoms with Crippen LogP contribution in [0.1, 0.15) is 11.5 Å². The van der Waals surface area contributed by atoms with Crippen LogP contribution in [0.5, 0.6) is 0 Å². The molecule has 3 aromatic heterocycles. The molecule has 0 amide bonds. The molecule has 1 aliphatic rings. The normalized spacial score (nSPS) is 18.5. The third-order valence-electron chi connectivity index (χ3n) is 4.10. The molecule has 0 radical (unpaired) electrons. The second kappa shape index (κ2) is 7.12. The van der Waals surface area contributed by atoms with Gasteiger partial charge in [0.25, 0.3) is 0 Å². The van der Waals surface area contributed by atoms with Crippen molar-refractivity contribution >= 4 is 0 Å². The molecule has 0 N–H and O–H groups in total. The largest absolute Gasteiger partial charge is 0.374 e. The number of pyridine rings is 1. The summed E-state index contributed by atoms with van der Waals surface area (Å²) in [4.78, 5) is 11.0. The number of rotatable bonds is 5. The van der Waals surface area contributed by atoms with Crippen molar-refractivity contribution in [1.29, 1.82) is 0 Å². The van der Waals surface area contributed by atoms with Crippen molar-refractivity contribution in [1.82, 2.24) is 29.8 Å². The van der Waals surface area contributed by atoms with Gasteiger partial charge < -0.3 is 9.26 Å². The van der Waals surface area contributed by atoms with Crippen molar-refractivity contribution in [3.63, 3.8) is 0 Å². The van der Waals surface area contributed by atoms with E-state index >= 15 is 0 Å². The molecule has 0 spiro atoms. The Morgan fingerprint density at radius 3 is 3.08 bits per heavy atom. The number of aromatic nitrogens is 5. The van der Waals surface area contributed by atoms with E-state index in [0.717, 1.165) is 25.2 Å². The molecule has 0 saturated carbocycles. The van der Waals surface area contributed by atoms with Crippen molar-refractivity contribution in [2.45, 2.75) is 26.1 Å². The number of hydrogen-bond donors (Lipinski definition) is 0. The van der Waals surface area contributed by atoms with Crippen LogP contribution in [-0.4, -0.2) is 55.6 Å². The average Bonchev–Trinajstić information content (AvgIpc) is 3.25. The summed E-state index contributed by atoms with van der Waals surface area (Å²) < 4.78 is 13.2. The van der Waals surface area contributed by atoms with Crippen molar-refractivity contribution in [3.8, 4) is 11.5 Å². The minimum atomic E-state index is 0.103. The zero-order valence-corrected chi connectivity index (χ0v) is 14.1. The summed E-state index contributed by atoms with van der Waals surface area (Å²) in [5, 5.41) is 8.35. The van der Waals surface area contributed by atoms with Gasteiger partial charge in [0.1, 0.15) is 5.69 Å². The van der Waals surface area contributed by atoms with Crippen molar-refractivity contribution in [2.75, 3.05) is 19.7 Å². The number of hydrogen-bond acceptors (Lipinski definition) is 7. The summed E-state index contributed by atoms with van der Waals surface area (Å²) in [7, 11) is 0. The minimum Gasteiger partial charge on any atom is -0.374 e. The van der Waals surface area contributed by atoms with Gasteiger partial charge in [-0.3, -0.25) is 14.6 Å². The fourth-order valence-electron chi connectivity index (χ4n) is 2.92. The van der Waals surface area contributed by atoms with Crippen LogP contribution in [0.3, 0.4) is 0 Å². The molecule has 4 rings (SSSR count). The highest BCUT2D eigenvalue weighted by Gasteiger charge is 2.23. The Kier molecular flexibility index (Phi) is 4.53. The molecule has 1 fully saturated rings. The summed E-state index contributed by atoms with van der Waals surface area (Å²) in [6.07, 6.45) is 5.71. The Morgan fingerprint density at radius 2 is 2.28 bits per heavy atom. The van der Waals surface area contributed by atoms with E-state index < -0.39 is 0 Å². The summed E-state index contributed by atoms with van der Waals surface area (Å²) in [5.41, 5.74) is 1.87. The monoisotopic (exact) mass is 340 g/mol.